The minimum atomic E-state index is -0.645. The quantitative estimate of drug-likeness (QED) is 0.735. The summed E-state index contributed by atoms with van der Waals surface area (Å²) in [7, 11) is 0. The molecule has 0 spiro atoms. The third-order valence-corrected chi connectivity index (χ3v) is 3.55. The van der Waals surface area contributed by atoms with Crippen LogP contribution in [0, 0.1) is 17.8 Å². The van der Waals surface area contributed by atoms with E-state index in [2.05, 4.69) is 13.8 Å². The molecule has 0 amide bonds. The Morgan fingerprint density at radius 2 is 1.93 bits per heavy atom. The van der Waals surface area contributed by atoms with E-state index in [1.165, 1.54) is 25.7 Å². The Bertz CT molecular complexity index is 181. The second-order valence-electron chi connectivity index (χ2n) is 4.88. The van der Waals surface area contributed by atoms with Crippen LogP contribution in [0.2, 0.25) is 0 Å². The van der Waals surface area contributed by atoms with Crippen molar-refractivity contribution in [2.24, 2.45) is 17.8 Å². The van der Waals surface area contributed by atoms with Crippen molar-refractivity contribution in [3.8, 4) is 0 Å². The molecule has 1 saturated carbocycles. The van der Waals surface area contributed by atoms with Crippen molar-refractivity contribution in [2.45, 2.75) is 52.4 Å². The first-order valence-corrected chi connectivity index (χ1v) is 5.83. The molecular weight excluding hydrogens is 176 g/mol. The molecule has 1 aliphatic rings. The van der Waals surface area contributed by atoms with Gasteiger partial charge in [-0.2, -0.15) is 0 Å². The number of carboxylic acid groups (broad SMARTS) is 1. The van der Waals surface area contributed by atoms with Crippen molar-refractivity contribution in [3.05, 3.63) is 0 Å². The maximum absolute atomic E-state index is 10.5. The minimum Gasteiger partial charge on any atom is -0.481 e. The average Bonchev–Trinajstić information content (AvgIpc) is 2.56. The Kier molecular flexibility index (Phi) is 4.43. The van der Waals surface area contributed by atoms with E-state index in [1.54, 1.807) is 0 Å². The van der Waals surface area contributed by atoms with Crippen molar-refractivity contribution in [1.29, 1.82) is 0 Å². The van der Waals surface area contributed by atoms with Crippen LogP contribution < -0.4 is 0 Å². The Hall–Kier alpha value is -0.530. The number of hydrogen-bond acceptors (Lipinski definition) is 1. The van der Waals surface area contributed by atoms with Crippen molar-refractivity contribution in [3.63, 3.8) is 0 Å². The molecule has 1 rings (SSSR count). The molecule has 14 heavy (non-hydrogen) atoms. The van der Waals surface area contributed by atoms with Gasteiger partial charge in [0.05, 0.1) is 0 Å². The summed E-state index contributed by atoms with van der Waals surface area (Å²) in [5, 5.41) is 8.69. The van der Waals surface area contributed by atoms with E-state index in [4.69, 9.17) is 5.11 Å². The lowest BCUT2D eigenvalue weighted by Gasteiger charge is -2.26. The van der Waals surface area contributed by atoms with Gasteiger partial charge in [-0.05, 0) is 24.2 Å². The van der Waals surface area contributed by atoms with Gasteiger partial charge in [-0.3, -0.25) is 4.79 Å². The summed E-state index contributed by atoms with van der Waals surface area (Å²) >= 11 is 0. The number of rotatable bonds is 5. The summed E-state index contributed by atoms with van der Waals surface area (Å²) < 4.78 is 0. The molecule has 82 valence electrons. The van der Waals surface area contributed by atoms with Crippen LogP contribution in [0.3, 0.4) is 0 Å². The summed E-state index contributed by atoms with van der Waals surface area (Å²) in [4.78, 5) is 10.5. The molecule has 0 aromatic rings. The predicted octanol–water partition coefficient (Wildman–Crippen LogP) is 3.31. The van der Waals surface area contributed by atoms with Gasteiger partial charge in [-0.15, -0.1) is 0 Å². The Labute approximate surface area is 86.7 Å². The maximum Gasteiger partial charge on any atom is 0.303 e. The van der Waals surface area contributed by atoms with Gasteiger partial charge in [0.2, 0.25) is 0 Å². The van der Waals surface area contributed by atoms with Crippen LogP contribution in [-0.2, 0) is 4.79 Å². The topological polar surface area (TPSA) is 37.3 Å². The highest BCUT2D eigenvalue weighted by Crippen LogP contribution is 2.37. The first kappa shape index (κ1) is 11.5. The fraction of sp³-hybridized carbons (Fsp3) is 0.917. The van der Waals surface area contributed by atoms with E-state index in [1.807, 2.05) is 0 Å². The van der Waals surface area contributed by atoms with E-state index in [0.717, 1.165) is 12.3 Å². The van der Waals surface area contributed by atoms with Crippen LogP contribution >= 0.6 is 0 Å². The molecule has 2 heteroatoms. The number of hydrogen-bond donors (Lipinski definition) is 1. The van der Waals surface area contributed by atoms with E-state index in [-0.39, 0.29) is 0 Å². The normalized spacial score (nSPS) is 20.2. The van der Waals surface area contributed by atoms with Crippen LogP contribution in [0.4, 0.5) is 0 Å². The summed E-state index contributed by atoms with van der Waals surface area (Å²) in [6.45, 7) is 4.45. The van der Waals surface area contributed by atoms with Crippen molar-refractivity contribution in [2.75, 3.05) is 0 Å². The first-order valence-electron chi connectivity index (χ1n) is 5.83. The smallest absolute Gasteiger partial charge is 0.303 e. The second kappa shape index (κ2) is 5.38. The molecule has 1 atom stereocenters. The number of carboxylic acids is 1. The lowest BCUT2D eigenvalue weighted by molar-refractivity contribution is -0.137. The summed E-state index contributed by atoms with van der Waals surface area (Å²) in [6.07, 6.45) is 6.56. The van der Waals surface area contributed by atoms with Gasteiger partial charge in [-0.1, -0.05) is 39.5 Å². The highest BCUT2D eigenvalue weighted by atomic mass is 16.4. The lowest BCUT2D eigenvalue weighted by Crippen LogP contribution is -2.19. The van der Waals surface area contributed by atoms with E-state index >= 15 is 0 Å². The van der Waals surface area contributed by atoms with Gasteiger partial charge in [0.25, 0.3) is 0 Å². The molecule has 0 aromatic heterocycles. The van der Waals surface area contributed by atoms with Gasteiger partial charge in [0, 0.05) is 6.42 Å². The molecule has 0 heterocycles. The fourth-order valence-electron chi connectivity index (χ4n) is 2.79. The minimum absolute atomic E-state index is 0.347. The van der Waals surface area contributed by atoms with Crippen molar-refractivity contribution in [1.82, 2.24) is 0 Å². The van der Waals surface area contributed by atoms with Crippen LogP contribution in [0.1, 0.15) is 52.4 Å². The van der Waals surface area contributed by atoms with Crippen molar-refractivity contribution < 1.29 is 9.90 Å². The molecule has 2 nitrogen and oxygen atoms in total. The van der Waals surface area contributed by atoms with Gasteiger partial charge >= 0.3 is 5.97 Å². The molecule has 0 radical (unpaired) electrons. The summed E-state index contributed by atoms with van der Waals surface area (Å²) in [5.74, 6) is 1.43. The zero-order valence-corrected chi connectivity index (χ0v) is 9.33. The van der Waals surface area contributed by atoms with Gasteiger partial charge in [0.15, 0.2) is 0 Å². The van der Waals surface area contributed by atoms with Gasteiger partial charge in [0.1, 0.15) is 0 Å². The third kappa shape index (κ3) is 3.32. The SMILES string of the molecule is CC(C)C(CCC(=O)O)C1CCCC1. The van der Waals surface area contributed by atoms with E-state index < -0.39 is 5.97 Å². The number of aliphatic carboxylic acids is 1. The molecule has 1 fully saturated rings. The highest BCUT2D eigenvalue weighted by molar-refractivity contribution is 5.66. The predicted molar refractivity (Wildman–Crippen MR) is 57.2 cm³/mol. The van der Waals surface area contributed by atoms with Crippen molar-refractivity contribution >= 4 is 5.97 Å². The van der Waals surface area contributed by atoms with Gasteiger partial charge < -0.3 is 5.11 Å². The molecular formula is C12H22O2. The average molecular weight is 198 g/mol. The molecule has 0 aromatic carbocycles. The van der Waals surface area contributed by atoms with Crippen LogP contribution in [0.5, 0.6) is 0 Å². The summed E-state index contributed by atoms with van der Waals surface area (Å²) in [6, 6.07) is 0. The summed E-state index contributed by atoms with van der Waals surface area (Å²) in [5.41, 5.74) is 0. The molecule has 0 aliphatic heterocycles. The molecule has 0 saturated heterocycles. The molecule has 0 bridgehead atoms. The van der Waals surface area contributed by atoms with Gasteiger partial charge in [-0.25, -0.2) is 0 Å². The van der Waals surface area contributed by atoms with Crippen LogP contribution in [0.25, 0.3) is 0 Å². The van der Waals surface area contributed by atoms with Crippen LogP contribution in [-0.4, -0.2) is 11.1 Å². The molecule has 1 unspecified atom stereocenters. The maximum atomic E-state index is 10.5. The fourth-order valence-corrected chi connectivity index (χ4v) is 2.79. The third-order valence-electron chi connectivity index (χ3n) is 3.55. The zero-order valence-electron chi connectivity index (χ0n) is 9.33. The molecule has 1 N–H and O–H groups in total. The largest absolute Gasteiger partial charge is 0.481 e. The van der Waals surface area contributed by atoms with Crippen LogP contribution in [0.15, 0.2) is 0 Å². The second-order valence-corrected chi connectivity index (χ2v) is 4.88. The van der Waals surface area contributed by atoms with E-state index in [0.29, 0.717) is 18.3 Å². The Morgan fingerprint density at radius 3 is 2.36 bits per heavy atom. The Balaban J connectivity index is 2.41. The first-order chi connectivity index (χ1) is 6.61. The monoisotopic (exact) mass is 198 g/mol. The standard InChI is InChI=1S/C12H22O2/c1-9(2)11(7-8-12(13)14)10-5-3-4-6-10/h9-11H,3-8H2,1-2H3,(H,13,14). The Morgan fingerprint density at radius 1 is 1.36 bits per heavy atom. The zero-order chi connectivity index (χ0) is 10.6. The molecule has 1 aliphatic carbocycles. The van der Waals surface area contributed by atoms with E-state index in [9.17, 15) is 4.79 Å². The lowest BCUT2D eigenvalue weighted by atomic mass is 9.79. The highest BCUT2D eigenvalue weighted by Gasteiger charge is 2.27. The number of carbonyl (C=O) groups is 1.